The maximum absolute atomic E-state index is 10.4. The van der Waals surface area contributed by atoms with E-state index in [4.69, 9.17) is 4.74 Å². The molecule has 0 aromatic carbocycles. The van der Waals surface area contributed by atoms with Crippen molar-refractivity contribution in [2.75, 3.05) is 6.61 Å². The zero-order valence-electron chi connectivity index (χ0n) is 8.47. The van der Waals surface area contributed by atoms with Crippen molar-refractivity contribution in [2.24, 2.45) is 5.41 Å². The molecule has 1 N–H and O–H groups in total. The van der Waals surface area contributed by atoms with Crippen LogP contribution in [0, 0.1) is 5.41 Å². The second-order valence-electron chi connectivity index (χ2n) is 4.75. The Hall–Kier alpha value is -0.500. The average molecular weight is 182 g/mol. The zero-order chi connectivity index (χ0) is 9.53. The summed E-state index contributed by atoms with van der Waals surface area (Å²) in [5, 5.41) is 10.4. The quantitative estimate of drug-likeness (QED) is 0.709. The largest absolute Gasteiger partial charge is 0.501 e. The fraction of sp³-hybridized carbons (Fsp3) is 0.818. The van der Waals surface area contributed by atoms with Gasteiger partial charge in [0.15, 0.2) is 0 Å². The summed E-state index contributed by atoms with van der Waals surface area (Å²) in [6, 6.07) is 0. The van der Waals surface area contributed by atoms with Gasteiger partial charge >= 0.3 is 0 Å². The molecular weight excluding hydrogens is 164 g/mol. The lowest BCUT2D eigenvalue weighted by atomic mass is 9.79. The van der Waals surface area contributed by atoms with Gasteiger partial charge in [0.2, 0.25) is 0 Å². The molecule has 2 heteroatoms. The molecule has 1 aliphatic carbocycles. The molecule has 1 atom stereocenters. The molecular formula is C11H18O2. The number of aliphatic hydroxyl groups is 1. The molecule has 0 radical (unpaired) electrons. The predicted octanol–water partition coefficient (Wildman–Crippen LogP) is 2.23. The number of hydrogen-bond acceptors (Lipinski definition) is 2. The minimum atomic E-state index is -0.645. The maximum atomic E-state index is 10.4. The van der Waals surface area contributed by atoms with E-state index in [-0.39, 0.29) is 5.41 Å². The van der Waals surface area contributed by atoms with Crippen LogP contribution in [0.5, 0.6) is 0 Å². The molecule has 0 amide bonds. The minimum absolute atomic E-state index is 0.111. The van der Waals surface area contributed by atoms with Crippen LogP contribution in [0.4, 0.5) is 0 Å². The fourth-order valence-electron chi connectivity index (χ4n) is 1.98. The van der Waals surface area contributed by atoms with Gasteiger partial charge in [-0.3, -0.25) is 0 Å². The molecule has 0 spiro atoms. The van der Waals surface area contributed by atoms with Crippen LogP contribution in [-0.4, -0.2) is 17.3 Å². The van der Waals surface area contributed by atoms with Gasteiger partial charge in [-0.05, 0) is 38.2 Å². The van der Waals surface area contributed by atoms with E-state index in [0.29, 0.717) is 0 Å². The SMILES string of the molecule is CC1(C(C)(O)C2=COCCC2)CC1. The second-order valence-corrected chi connectivity index (χ2v) is 4.75. The zero-order valence-corrected chi connectivity index (χ0v) is 8.47. The van der Waals surface area contributed by atoms with E-state index >= 15 is 0 Å². The summed E-state index contributed by atoms with van der Waals surface area (Å²) in [7, 11) is 0. The fourth-order valence-corrected chi connectivity index (χ4v) is 1.98. The number of hydrogen-bond donors (Lipinski definition) is 1. The van der Waals surface area contributed by atoms with Gasteiger partial charge in [0.25, 0.3) is 0 Å². The van der Waals surface area contributed by atoms with Crippen molar-refractivity contribution in [3.05, 3.63) is 11.8 Å². The van der Waals surface area contributed by atoms with Crippen LogP contribution in [0.1, 0.15) is 39.5 Å². The Kier molecular flexibility index (Phi) is 1.91. The summed E-state index contributed by atoms with van der Waals surface area (Å²) >= 11 is 0. The van der Waals surface area contributed by atoms with Crippen molar-refractivity contribution >= 4 is 0 Å². The van der Waals surface area contributed by atoms with Gasteiger partial charge in [-0.15, -0.1) is 0 Å². The molecule has 0 saturated heterocycles. The lowest BCUT2D eigenvalue weighted by Gasteiger charge is -2.34. The summed E-state index contributed by atoms with van der Waals surface area (Å²) in [6.45, 7) is 4.89. The lowest BCUT2D eigenvalue weighted by Crippen LogP contribution is -2.37. The highest BCUT2D eigenvalue weighted by Crippen LogP contribution is 2.56. The van der Waals surface area contributed by atoms with E-state index in [9.17, 15) is 5.11 Å². The minimum Gasteiger partial charge on any atom is -0.501 e. The van der Waals surface area contributed by atoms with Gasteiger partial charge in [-0.25, -0.2) is 0 Å². The van der Waals surface area contributed by atoms with Gasteiger partial charge < -0.3 is 9.84 Å². The van der Waals surface area contributed by atoms with E-state index in [1.807, 2.05) is 6.92 Å². The number of rotatable bonds is 2. The van der Waals surface area contributed by atoms with Crippen molar-refractivity contribution < 1.29 is 9.84 Å². The molecule has 0 aromatic rings. The van der Waals surface area contributed by atoms with E-state index in [1.54, 1.807) is 6.26 Å². The molecule has 1 fully saturated rings. The highest BCUT2D eigenvalue weighted by Gasteiger charge is 2.54. The van der Waals surface area contributed by atoms with Crippen molar-refractivity contribution in [1.29, 1.82) is 0 Å². The normalized spacial score (nSPS) is 29.9. The van der Waals surface area contributed by atoms with E-state index in [1.165, 1.54) is 0 Å². The predicted molar refractivity (Wildman–Crippen MR) is 51.2 cm³/mol. The monoisotopic (exact) mass is 182 g/mol. The molecule has 1 saturated carbocycles. The Labute approximate surface area is 79.6 Å². The highest BCUT2D eigenvalue weighted by atomic mass is 16.5. The Morgan fingerprint density at radius 3 is 2.69 bits per heavy atom. The van der Waals surface area contributed by atoms with E-state index in [2.05, 4.69) is 6.92 Å². The summed E-state index contributed by atoms with van der Waals surface area (Å²) in [6.07, 6.45) is 6.07. The third-order valence-corrected chi connectivity index (χ3v) is 3.73. The molecule has 1 heterocycles. The standard InChI is InChI=1S/C11H18O2/c1-10(5-6-10)11(2,12)9-4-3-7-13-8-9/h8,12H,3-7H2,1-2H3. The third-order valence-electron chi connectivity index (χ3n) is 3.73. The van der Waals surface area contributed by atoms with E-state index < -0.39 is 5.60 Å². The van der Waals surface area contributed by atoms with E-state index in [0.717, 1.165) is 37.9 Å². The first kappa shape index (κ1) is 9.07. The van der Waals surface area contributed by atoms with Crippen molar-refractivity contribution in [3.8, 4) is 0 Å². The summed E-state index contributed by atoms with van der Waals surface area (Å²) in [5.41, 5.74) is 0.547. The first-order chi connectivity index (χ1) is 6.06. The molecule has 0 aromatic heterocycles. The van der Waals surface area contributed by atoms with Crippen LogP contribution in [-0.2, 0) is 4.74 Å². The average Bonchev–Trinajstić information content (AvgIpc) is 2.87. The van der Waals surface area contributed by atoms with Crippen LogP contribution < -0.4 is 0 Å². The van der Waals surface area contributed by atoms with Gasteiger partial charge in [-0.2, -0.15) is 0 Å². The smallest absolute Gasteiger partial charge is 0.0914 e. The van der Waals surface area contributed by atoms with Crippen LogP contribution >= 0.6 is 0 Å². The first-order valence-corrected chi connectivity index (χ1v) is 5.10. The second kappa shape index (κ2) is 2.74. The Morgan fingerprint density at radius 2 is 2.23 bits per heavy atom. The van der Waals surface area contributed by atoms with Gasteiger partial charge in [0.1, 0.15) is 0 Å². The molecule has 74 valence electrons. The van der Waals surface area contributed by atoms with Crippen molar-refractivity contribution in [3.63, 3.8) is 0 Å². The third kappa shape index (κ3) is 1.37. The van der Waals surface area contributed by atoms with Crippen LogP contribution in [0.3, 0.4) is 0 Å². The summed E-state index contributed by atoms with van der Waals surface area (Å²) in [5.74, 6) is 0. The topological polar surface area (TPSA) is 29.5 Å². The van der Waals surface area contributed by atoms with Crippen LogP contribution in [0.15, 0.2) is 11.8 Å². The van der Waals surface area contributed by atoms with Gasteiger partial charge in [0.05, 0.1) is 18.5 Å². The van der Waals surface area contributed by atoms with Gasteiger partial charge in [-0.1, -0.05) is 6.92 Å². The molecule has 13 heavy (non-hydrogen) atoms. The van der Waals surface area contributed by atoms with Gasteiger partial charge in [0, 0.05) is 5.41 Å². The molecule has 2 aliphatic rings. The Morgan fingerprint density at radius 1 is 1.54 bits per heavy atom. The molecule has 0 bridgehead atoms. The summed E-state index contributed by atoms with van der Waals surface area (Å²) in [4.78, 5) is 0. The molecule has 2 rings (SSSR count). The molecule has 1 aliphatic heterocycles. The Bertz CT molecular complexity index is 236. The molecule has 2 nitrogen and oxygen atoms in total. The maximum Gasteiger partial charge on any atom is 0.0914 e. The van der Waals surface area contributed by atoms with Crippen molar-refractivity contribution in [1.82, 2.24) is 0 Å². The number of ether oxygens (including phenoxy) is 1. The molecule has 1 unspecified atom stereocenters. The lowest BCUT2D eigenvalue weighted by molar-refractivity contribution is 0.0168. The Balaban J connectivity index is 2.17. The summed E-state index contributed by atoms with van der Waals surface area (Å²) < 4.78 is 5.27. The highest BCUT2D eigenvalue weighted by molar-refractivity contribution is 5.23. The van der Waals surface area contributed by atoms with Crippen LogP contribution in [0.25, 0.3) is 0 Å². The first-order valence-electron chi connectivity index (χ1n) is 5.10. The van der Waals surface area contributed by atoms with Crippen molar-refractivity contribution in [2.45, 2.75) is 45.1 Å². The van der Waals surface area contributed by atoms with Crippen LogP contribution in [0.2, 0.25) is 0 Å².